The highest BCUT2D eigenvalue weighted by Crippen LogP contribution is 2.33. The zero-order chi connectivity index (χ0) is 13.0. The van der Waals surface area contributed by atoms with Gasteiger partial charge in [-0.3, -0.25) is 4.79 Å². The van der Waals surface area contributed by atoms with Crippen molar-refractivity contribution in [2.24, 2.45) is 0 Å². The first-order chi connectivity index (χ1) is 8.76. The maximum atomic E-state index is 11.8. The number of amides is 1. The van der Waals surface area contributed by atoms with Crippen LogP contribution in [0, 0.1) is 0 Å². The Balaban J connectivity index is 2.22. The Morgan fingerprint density at radius 1 is 1.44 bits per heavy atom. The molecule has 1 aromatic rings. The number of anilines is 2. The molecule has 0 unspecified atom stereocenters. The number of nitrogens with one attached hydrogen (secondary N) is 1. The van der Waals surface area contributed by atoms with E-state index in [1.807, 2.05) is 23.1 Å². The molecule has 18 heavy (non-hydrogen) atoms. The highest BCUT2D eigenvalue weighted by Gasteiger charge is 2.24. The molecule has 1 N–H and O–H groups in total. The number of hydrogen-bond acceptors (Lipinski definition) is 3. The van der Waals surface area contributed by atoms with Gasteiger partial charge >= 0.3 is 0 Å². The van der Waals surface area contributed by atoms with Crippen molar-refractivity contribution in [1.29, 1.82) is 0 Å². The van der Waals surface area contributed by atoms with E-state index in [0.717, 1.165) is 43.1 Å². The quantitative estimate of drug-likeness (QED) is 0.871. The lowest BCUT2D eigenvalue weighted by atomic mass is 10.2. The Morgan fingerprint density at radius 2 is 2.28 bits per heavy atom. The first kappa shape index (κ1) is 12.7. The van der Waals surface area contributed by atoms with E-state index in [9.17, 15) is 4.79 Å². The predicted molar refractivity (Wildman–Crippen MR) is 73.4 cm³/mol. The van der Waals surface area contributed by atoms with E-state index in [1.54, 1.807) is 7.11 Å². The lowest BCUT2D eigenvalue weighted by molar-refractivity contribution is -0.117. The van der Waals surface area contributed by atoms with Crippen LogP contribution in [0.1, 0.15) is 26.2 Å². The van der Waals surface area contributed by atoms with E-state index in [4.69, 9.17) is 4.74 Å². The summed E-state index contributed by atoms with van der Waals surface area (Å²) in [6.45, 7) is 3.85. The highest BCUT2D eigenvalue weighted by molar-refractivity contribution is 5.97. The van der Waals surface area contributed by atoms with Crippen LogP contribution in [0.15, 0.2) is 18.2 Å². The van der Waals surface area contributed by atoms with Gasteiger partial charge in [-0.1, -0.05) is 6.92 Å². The molecule has 4 nitrogen and oxygen atoms in total. The molecule has 2 rings (SSSR count). The van der Waals surface area contributed by atoms with Crippen LogP contribution in [0.5, 0.6) is 5.75 Å². The Hall–Kier alpha value is -1.71. The van der Waals surface area contributed by atoms with Crippen LogP contribution < -0.4 is 15.0 Å². The van der Waals surface area contributed by atoms with Gasteiger partial charge in [0.15, 0.2) is 0 Å². The molecular weight excluding hydrogens is 228 g/mol. The number of benzene rings is 1. The maximum Gasteiger partial charge on any atom is 0.227 e. The summed E-state index contributed by atoms with van der Waals surface area (Å²) in [5, 5.41) is 3.31. The monoisotopic (exact) mass is 248 g/mol. The SMILES string of the molecule is CCCNc1ccc(N2CCCC2=O)c(OC)c1. The van der Waals surface area contributed by atoms with Crippen molar-refractivity contribution < 1.29 is 9.53 Å². The van der Waals surface area contributed by atoms with Crippen molar-refractivity contribution in [2.45, 2.75) is 26.2 Å². The van der Waals surface area contributed by atoms with E-state index in [1.165, 1.54) is 0 Å². The Labute approximate surface area is 108 Å². The van der Waals surface area contributed by atoms with E-state index in [0.29, 0.717) is 6.42 Å². The highest BCUT2D eigenvalue weighted by atomic mass is 16.5. The van der Waals surface area contributed by atoms with Crippen LogP contribution in [0.4, 0.5) is 11.4 Å². The van der Waals surface area contributed by atoms with Crippen LogP contribution in [0.2, 0.25) is 0 Å². The van der Waals surface area contributed by atoms with Crippen molar-refractivity contribution in [3.05, 3.63) is 18.2 Å². The number of carbonyl (C=O) groups is 1. The minimum Gasteiger partial charge on any atom is -0.494 e. The topological polar surface area (TPSA) is 41.6 Å². The van der Waals surface area contributed by atoms with Gasteiger partial charge in [-0.25, -0.2) is 0 Å². The average molecular weight is 248 g/mol. The molecule has 4 heteroatoms. The minimum absolute atomic E-state index is 0.183. The van der Waals surface area contributed by atoms with E-state index in [-0.39, 0.29) is 5.91 Å². The summed E-state index contributed by atoms with van der Waals surface area (Å²) in [4.78, 5) is 13.6. The summed E-state index contributed by atoms with van der Waals surface area (Å²) >= 11 is 0. The molecule has 0 aliphatic carbocycles. The molecule has 1 fully saturated rings. The van der Waals surface area contributed by atoms with Gasteiger partial charge in [-0.2, -0.15) is 0 Å². The van der Waals surface area contributed by atoms with Crippen LogP contribution in [-0.2, 0) is 4.79 Å². The molecule has 0 radical (unpaired) electrons. The van der Waals surface area contributed by atoms with Gasteiger partial charge in [-0.05, 0) is 25.0 Å². The van der Waals surface area contributed by atoms with Gasteiger partial charge in [0, 0.05) is 31.3 Å². The summed E-state index contributed by atoms with van der Waals surface area (Å²) in [6.07, 6.45) is 2.64. The third kappa shape index (κ3) is 2.58. The fourth-order valence-electron chi connectivity index (χ4n) is 2.18. The van der Waals surface area contributed by atoms with Crippen molar-refractivity contribution >= 4 is 17.3 Å². The van der Waals surface area contributed by atoms with Crippen molar-refractivity contribution in [3.8, 4) is 5.75 Å². The van der Waals surface area contributed by atoms with Gasteiger partial charge in [0.25, 0.3) is 0 Å². The zero-order valence-electron chi connectivity index (χ0n) is 11.0. The van der Waals surface area contributed by atoms with Gasteiger partial charge < -0.3 is 15.0 Å². The van der Waals surface area contributed by atoms with Crippen LogP contribution >= 0.6 is 0 Å². The zero-order valence-corrected chi connectivity index (χ0v) is 11.0. The second kappa shape index (κ2) is 5.76. The number of ether oxygens (including phenoxy) is 1. The van der Waals surface area contributed by atoms with E-state index in [2.05, 4.69) is 12.2 Å². The molecule has 1 aromatic carbocycles. The second-order valence-electron chi connectivity index (χ2n) is 4.46. The molecule has 0 saturated carbocycles. The first-order valence-electron chi connectivity index (χ1n) is 6.48. The number of nitrogens with zero attached hydrogens (tertiary/aromatic N) is 1. The summed E-state index contributed by atoms with van der Waals surface area (Å²) in [5.74, 6) is 0.939. The largest absolute Gasteiger partial charge is 0.494 e. The molecule has 0 spiro atoms. The van der Waals surface area contributed by atoms with Crippen LogP contribution in [0.25, 0.3) is 0 Å². The van der Waals surface area contributed by atoms with Crippen molar-refractivity contribution in [2.75, 3.05) is 30.4 Å². The Bertz CT molecular complexity index is 432. The van der Waals surface area contributed by atoms with Gasteiger partial charge in [0.05, 0.1) is 12.8 Å². The molecule has 0 bridgehead atoms. The number of rotatable bonds is 5. The summed E-state index contributed by atoms with van der Waals surface area (Å²) in [7, 11) is 1.64. The van der Waals surface area contributed by atoms with Crippen molar-refractivity contribution in [1.82, 2.24) is 0 Å². The third-order valence-electron chi connectivity index (χ3n) is 3.12. The Morgan fingerprint density at radius 3 is 2.89 bits per heavy atom. The molecule has 1 saturated heterocycles. The lowest BCUT2D eigenvalue weighted by Crippen LogP contribution is -2.24. The number of carbonyl (C=O) groups excluding carboxylic acids is 1. The Kier molecular flexibility index (Phi) is 4.07. The summed E-state index contributed by atoms with van der Waals surface area (Å²) in [6, 6.07) is 5.91. The molecular formula is C14H20N2O2. The van der Waals surface area contributed by atoms with Gasteiger partial charge in [-0.15, -0.1) is 0 Å². The second-order valence-corrected chi connectivity index (χ2v) is 4.46. The fourth-order valence-corrected chi connectivity index (χ4v) is 2.18. The summed E-state index contributed by atoms with van der Waals surface area (Å²) in [5.41, 5.74) is 1.91. The van der Waals surface area contributed by atoms with E-state index < -0.39 is 0 Å². The third-order valence-corrected chi connectivity index (χ3v) is 3.12. The van der Waals surface area contributed by atoms with E-state index >= 15 is 0 Å². The van der Waals surface area contributed by atoms with Gasteiger partial charge in [0.1, 0.15) is 5.75 Å². The molecule has 0 aromatic heterocycles. The average Bonchev–Trinajstić information content (AvgIpc) is 2.82. The molecule has 1 heterocycles. The smallest absolute Gasteiger partial charge is 0.227 e. The van der Waals surface area contributed by atoms with Crippen LogP contribution in [-0.4, -0.2) is 26.1 Å². The normalized spacial score (nSPS) is 15.0. The molecule has 1 aliphatic heterocycles. The molecule has 1 amide bonds. The minimum atomic E-state index is 0.183. The first-order valence-corrected chi connectivity index (χ1v) is 6.48. The standard InChI is InChI=1S/C14H20N2O2/c1-3-8-15-11-6-7-12(13(10-11)18-2)16-9-4-5-14(16)17/h6-7,10,15H,3-5,8-9H2,1-2H3. The summed E-state index contributed by atoms with van der Waals surface area (Å²) < 4.78 is 5.39. The van der Waals surface area contributed by atoms with Gasteiger partial charge in [0.2, 0.25) is 5.91 Å². The maximum absolute atomic E-state index is 11.8. The fraction of sp³-hybridized carbons (Fsp3) is 0.500. The number of hydrogen-bond donors (Lipinski definition) is 1. The van der Waals surface area contributed by atoms with Crippen LogP contribution in [0.3, 0.4) is 0 Å². The lowest BCUT2D eigenvalue weighted by Gasteiger charge is -2.19. The van der Waals surface area contributed by atoms with Crippen molar-refractivity contribution in [3.63, 3.8) is 0 Å². The predicted octanol–water partition coefficient (Wildman–Crippen LogP) is 2.64. The molecule has 1 aliphatic rings. The molecule has 0 atom stereocenters. The number of methoxy groups -OCH3 is 1. The molecule has 98 valence electrons.